The van der Waals surface area contributed by atoms with Crippen molar-refractivity contribution in [3.63, 3.8) is 0 Å². The molecule has 0 saturated heterocycles. The monoisotopic (exact) mass is 250 g/mol. The first-order valence-electron chi connectivity index (χ1n) is 4.98. The number of halogens is 1. The second-order valence-corrected chi connectivity index (χ2v) is 4.54. The SMILES string of the molecule is Cc1ccsc1C(=O)Nc1ccc(N)c(F)c1. The molecular formula is C12H11FN2OS. The van der Waals surface area contributed by atoms with Crippen LogP contribution in [0.3, 0.4) is 0 Å². The average molecular weight is 250 g/mol. The summed E-state index contributed by atoms with van der Waals surface area (Å²) in [4.78, 5) is 12.5. The summed E-state index contributed by atoms with van der Waals surface area (Å²) in [6.07, 6.45) is 0. The van der Waals surface area contributed by atoms with E-state index in [4.69, 9.17) is 5.73 Å². The minimum Gasteiger partial charge on any atom is -0.396 e. The van der Waals surface area contributed by atoms with E-state index in [1.165, 1.54) is 23.5 Å². The van der Waals surface area contributed by atoms with Gasteiger partial charge in [0.15, 0.2) is 0 Å². The van der Waals surface area contributed by atoms with Crippen LogP contribution in [0.1, 0.15) is 15.2 Å². The molecule has 1 aromatic heterocycles. The van der Waals surface area contributed by atoms with Crippen LogP contribution in [0.4, 0.5) is 15.8 Å². The van der Waals surface area contributed by atoms with E-state index in [1.807, 2.05) is 18.4 Å². The van der Waals surface area contributed by atoms with Gasteiger partial charge < -0.3 is 11.1 Å². The number of nitrogen functional groups attached to an aromatic ring is 1. The summed E-state index contributed by atoms with van der Waals surface area (Å²) in [6, 6.07) is 6.06. The van der Waals surface area contributed by atoms with E-state index in [9.17, 15) is 9.18 Å². The maximum atomic E-state index is 13.2. The summed E-state index contributed by atoms with van der Waals surface area (Å²) in [5.41, 5.74) is 6.72. The molecule has 88 valence electrons. The molecule has 0 fully saturated rings. The van der Waals surface area contributed by atoms with Gasteiger partial charge in [-0.25, -0.2) is 4.39 Å². The first-order valence-corrected chi connectivity index (χ1v) is 5.86. The number of aryl methyl sites for hydroxylation is 1. The molecule has 0 bridgehead atoms. The molecule has 1 heterocycles. The van der Waals surface area contributed by atoms with Crippen molar-refractivity contribution >= 4 is 28.6 Å². The first-order chi connectivity index (χ1) is 8.08. The molecule has 0 radical (unpaired) electrons. The lowest BCUT2D eigenvalue weighted by Gasteiger charge is -2.05. The van der Waals surface area contributed by atoms with Crippen LogP contribution >= 0.6 is 11.3 Å². The van der Waals surface area contributed by atoms with Crippen molar-refractivity contribution in [2.45, 2.75) is 6.92 Å². The lowest BCUT2D eigenvalue weighted by Crippen LogP contribution is -2.11. The fourth-order valence-electron chi connectivity index (χ4n) is 1.40. The van der Waals surface area contributed by atoms with Crippen LogP contribution in [0.5, 0.6) is 0 Å². The second kappa shape index (κ2) is 4.55. The molecule has 0 spiro atoms. The summed E-state index contributed by atoms with van der Waals surface area (Å²) in [5, 5.41) is 4.47. The third-order valence-electron chi connectivity index (χ3n) is 2.33. The molecule has 3 nitrogen and oxygen atoms in total. The van der Waals surface area contributed by atoms with Gasteiger partial charge >= 0.3 is 0 Å². The maximum Gasteiger partial charge on any atom is 0.265 e. The van der Waals surface area contributed by atoms with Crippen molar-refractivity contribution in [2.75, 3.05) is 11.1 Å². The highest BCUT2D eigenvalue weighted by molar-refractivity contribution is 7.12. The molecule has 2 rings (SSSR count). The average Bonchev–Trinajstić information content (AvgIpc) is 2.70. The molecule has 1 aromatic carbocycles. The molecule has 0 aliphatic rings. The van der Waals surface area contributed by atoms with Gasteiger partial charge in [0.2, 0.25) is 0 Å². The Morgan fingerprint density at radius 1 is 1.41 bits per heavy atom. The van der Waals surface area contributed by atoms with Crippen LogP contribution in [0, 0.1) is 12.7 Å². The van der Waals surface area contributed by atoms with Crippen LogP contribution in [-0.2, 0) is 0 Å². The van der Waals surface area contributed by atoms with E-state index in [0.29, 0.717) is 10.6 Å². The number of hydrogen-bond donors (Lipinski definition) is 2. The van der Waals surface area contributed by atoms with Crippen LogP contribution in [-0.4, -0.2) is 5.91 Å². The van der Waals surface area contributed by atoms with Gasteiger partial charge in [-0.2, -0.15) is 0 Å². The van der Waals surface area contributed by atoms with Gasteiger partial charge in [0, 0.05) is 5.69 Å². The number of nitrogens with one attached hydrogen (secondary N) is 1. The Kier molecular flexibility index (Phi) is 3.10. The summed E-state index contributed by atoms with van der Waals surface area (Å²) < 4.78 is 13.2. The topological polar surface area (TPSA) is 55.1 Å². The number of benzene rings is 1. The molecule has 17 heavy (non-hydrogen) atoms. The zero-order valence-corrected chi connectivity index (χ0v) is 9.98. The number of thiophene rings is 1. The van der Waals surface area contributed by atoms with Gasteiger partial charge in [0.1, 0.15) is 5.82 Å². The van der Waals surface area contributed by atoms with Crippen molar-refractivity contribution in [3.8, 4) is 0 Å². The van der Waals surface area contributed by atoms with Crippen LogP contribution in [0.2, 0.25) is 0 Å². The Balaban J connectivity index is 2.19. The zero-order chi connectivity index (χ0) is 12.4. The largest absolute Gasteiger partial charge is 0.396 e. The predicted octanol–water partition coefficient (Wildman–Crippen LogP) is 3.03. The highest BCUT2D eigenvalue weighted by Crippen LogP contribution is 2.20. The Morgan fingerprint density at radius 3 is 2.76 bits per heavy atom. The summed E-state index contributed by atoms with van der Waals surface area (Å²) in [6.45, 7) is 1.86. The van der Waals surface area contributed by atoms with Crippen LogP contribution < -0.4 is 11.1 Å². The first kappa shape index (κ1) is 11.6. The van der Waals surface area contributed by atoms with E-state index in [2.05, 4.69) is 5.32 Å². The molecule has 0 unspecified atom stereocenters. The predicted molar refractivity (Wildman–Crippen MR) is 67.8 cm³/mol. The summed E-state index contributed by atoms with van der Waals surface area (Å²) >= 11 is 1.35. The quantitative estimate of drug-likeness (QED) is 0.805. The second-order valence-electron chi connectivity index (χ2n) is 3.62. The molecule has 3 N–H and O–H groups in total. The Morgan fingerprint density at radius 2 is 2.18 bits per heavy atom. The number of carbonyl (C=O) groups excluding carboxylic acids is 1. The number of hydrogen-bond acceptors (Lipinski definition) is 3. The standard InChI is InChI=1S/C12H11FN2OS/c1-7-4-5-17-11(7)12(16)15-8-2-3-10(14)9(13)6-8/h2-6H,14H2,1H3,(H,15,16). The van der Waals surface area contributed by atoms with E-state index in [-0.39, 0.29) is 11.6 Å². The van der Waals surface area contributed by atoms with E-state index < -0.39 is 5.82 Å². The Hall–Kier alpha value is -1.88. The number of carbonyl (C=O) groups is 1. The Labute approximate surface area is 102 Å². The van der Waals surface area contributed by atoms with Gasteiger partial charge in [0.25, 0.3) is 5.91 Å². The van der Waals surface area contributed by atoms with Gasteiger partial charge in [-0.1, -0.05) is 0 Å². The summed E-state index contributed by atoms with van der Waals surface area (Å²) in [5.74, 6) is -0.771. The number of amides is 1. The van der Waals surface area contributed by atoms with E-state index in [1.54, 1.807) is 6.07 Å². The molecule has 2 aromatic rings. The van der Waals surface area contributed by atoms with Gasteiger partial charge in [-0.05, 0) is 42.1 Å². The molecule has 0 aliphatic carbocycles. The number of rotatable bonds is 2. The van der Waals surface area contributed by atoms with Crippen molar-refractivity contribution in [3.05, 3.63) is 45.9 Å². The maximum absolute atomic E-state index is 13.2. The smallest absolute Gasteiger partial charge is 0.265 e. The summed E-state index contributed by atoms with van der Waals surface area (Å²) in [7, 11) is 0. The fraction of sp³-hybridized carbons (Fsp3) is 0.0833. The number of nitrogens with two attached hydrogens (primary N) is 1. The molecule has 0 saturated carbocycles. The molecule has 0 aliphatic heterocycles. The highest BCUT2D eigenvalue weighted by Gasteiger charge is 2.11. The molecular weight excluding hydrogens is 239 g/mol. The minimum absolute atomic E-state index is 0.0651. The van der Waals surface area contributed by atoms with E-state index in [0.717, 1.165) is 5.56 Å². The Bertz CT molecular complexity index is 565. The normalized spacial score (nSPS) is 10.2. The van der Waals surface area contributed by atoms with Crippen molar-refractivity contribution in [1.29, 1.82) is 0 Å². The van der Waals surface area contributed by atoms with Crippen LogP contribution in [0.15, 0.2) is 29.6 Å². The van der Waals surface area contributed by atoms with Gasteiger partial charge in [0.05, 0.1) is 10.6 Å². The van der Waals surface area contributed by atoms with Crippen molar-refractivity contribution < 1.29 is 9.18 Å². The third-order valence-corrected chi connectivity index (χ3v) is 3.34. The zero-order valence-electron chi connectivity index (χ0n) is 9.16. The lowest BCUT2D eigenvalue weighted by molar-refractivity contribution is 0.103. The third kappa shape index (κ3) is 2.45. The molecule has 5 heteroatoms. The van der Waals surface area contributed by atoms with Crippen LogP contribution in [0.25, 0.3) is 0 Å². The van der Waals surface area contributed by atoms with Crippen molar-refractivity contribution in [2.24, 2.45) is 0 Å². The fourth-order valence-corrected chi connectivity index (χ4v) is 2.22. The molecule has 1 amide bonds. The van der Waals surface area contributed by atoms with Gasteiger partial charge in [-0.3, -0.25) is 4.79 Å². The number of anilines is 2. The minimum atomic E-state index is -0.536. The highest BCUT2D eigenvalue weighted by atomic mass is 32.1. The van der Waals surface area contributed by atoms with Crippen molar-refractivity contribution in [1.82, 2.24) is 0 Å². The van der Waals surface area contributed by atoms with E-state index >= 15 is 0 Å². The molecule has 0 atom stereocenters. The lowest BCUT2D eigenvalue weighted by atomic mass is 10.2. The van der Waals surface area contributed by atoms with Gasteiger partial charge in [-0.15, -0.1) is 11.3 Å².